The maximum Gasteiger partial charge on any atom is 0.296 e. The SMILES string of the molecule is Cc1ccc(-c2cc(C(=O)Nc3nc(CN4CC(C)OC(C)C4)cs3)on2)cc1. The number of amides is 1. The zero-order valence-corrected chi connectivity index (χ0v) is 17.5. The van der Waals surface area contributed by atoms with Crippen molar-refractivity contribution in [1.82, 2.24) is 15.0 Å². The van der Waals surface area contributed by atoms with E-state index in [1.54, 1.807) is 6.07 Å². The maximum atomic E-state index is 12.5. The Balaban J connectivity index is 1.37. The summed E-state index contributed by atoms with van der Waals surface area (Å²) in [5.74, 6) is -0.196. The van der Waals surface area contributed by atoms with Crippen molar-refractivity contribution in [2.24, 2.45) is 0 Å². The topological polar surface area (TPSA) is 80.5 Å². The number of benzene rings is 1. The van der Waals surface area contributed by atoms with Gasteiger partial charge in [0.15, 0.2) is 5.13 Å². The summed E-state index contributed by atoms with van der Waals surface area (Å²) < 4.78 is 11.0. The lowest BCUT2D eigenvalue weighted by Gasteiger charge is -2.34. The molecule has 3 heterocycles. The van der Waals surface area contributed by atoms with Crippen LogP contribution in [0.15, 0.2) is 40.2 Å². The highest BCUT2D eigenvalue weighted by Crippen LogP contribution is 2.22. The van der Waals surface area contributed by atoms with Crippen molar-refractivity contribution in [3.63, 3.8) is 0 Å². The number of nitrogens with one attached hydrogen (secondary N) is 1. The normalized spacial score (nSPS) is 20.0. The predicted octanol–water partition coefficient (Wildman–Crippen LogP) is 3.97. The molecule has 1 aliphatic heterocycles. The molecule has 8 heteroatoms. The molecule has 2 aromatic heterocycles. The molecule has 2 unspecified atom stereocenters. The van der Waals surface area contributed by atoms with E-state index >= 15 is 0 Å². The molecule has 1 aromatic carbocycles. The predicted molar refractivity (Wildman–Crippen MR) is 112 cm³/mol. The fourth-order valence-corrected chi connectivity index (χ4v) is 4.18. The Labute approximate surface area is 173 Å². The number of thiazole rings is 1. The molecular weight excluding hydrogens is 388 g/mol. The first-order valence-corrected chi connectivity index (χ1v) is 10.5. The quantitative estimate of drug-likeness (QED) is 0.683. The average molecular weight is 413 g/mol. The van der Waals surface area contributed by atoms with Gasteiger partial charge >= 0.3 is 0 Å². The summed E-state index contributed by atoms with van der Waals surface area (Å²) in [7, 11) is 0. The van der Waals surface area contributed by atoms with Crippen molar-refractivity contribution in [2.75, 3.05) is 18.4 Å². The first-order valence-electron chi connectivity index (χ1n) is 9.63. The zero-order chi connectivity index (χ0) is 20.4. The Morgan fingerprint density at radius 3 is 2.69 bits per heavy atom. The van der Waals surface area contributed by atoms with Crippen LogP contribution < -0.4 is 5.32 Å². The van der Waals surface area contributed by atoms with Crippen LogP contribution in [0, 0.1) is 6.92 Å². The molecule has 0 spiro atoms. The molecule has 0 radical (unpaired) electrons. The molecule has 0 aliphatic carbocycles. The van der Waals surface area contributed by atoms with E-state index in [-0.39, 0.29) is 23.9 Å². The molecule has 0 saturated carbocycles. The van der Waals surface area contributed by atoms with E-state index < -0.39 is 0 Å². The minimum absolute atomic E-state index is 0.160. The zero-order valence-electron chi connectivity index (χ0n) is 16.7. The third-order valence-corrected chi connectivity index (χ3v) is 5.54. The first kappa shape index (κ1) is 19.8. The fraction of sp³-hybridized carbons (Fsp3) is 0.381. The van der Waals surface area contributed by atoms with Crippen molar-refractivity contribution in [3.05, 3.63) is 52.7 Å². The lowest BCUT2D eigenvalue weighted by atomic mass is 10.1. The second kappa shape index (κ2) is 8.44. The smallest absolute Gasteiger partial charge is 0.296 e. The van der Waals surface area contributed by atoms with E-state index in [0.29, 0.717) is 10.8 Å². The van der Waals surface area contributed by atoms with Gasteiger partial charge in [-0.2, -0.15) is 0 Å². The first-order chi connectivity index (χ1) is 14.0. The average Bonchev–Trinajstić information content (AvgIpc) is 3.31. The highest BCUT2D eigenvalue weighted by molar-refractivity contribution is 7.13. The van der Waals surface area contributed by atoms with Gasteiger partial charge in [-0.05, 0) is 20.8 Å². The summed E-state index contributed by atoms with van der Waals surface area (Å²) in [6, 6.07) is 9.54. The third kappa shape index (κ3) is 4.90. The van der Waals surface area contributed by atoms with Crippen LogP contribution in [-0.2, 0) is 11.3 Å². The second-order valence-corrected chi connectivity index (χ2v) is 8.35. The number of aryl methyl sites for hydroxylation is 1. The monoisotopic (exact) mass is 412 g/mol. The molecule has 7 nitrogen and oxygen atoms in total. The molecule has 152 valence electrons. The van der Waals surface area contributed by atoms with Gasteiger partial charge in [0.25, 0.3) is 5.91 Å². The van der Waals surface area contributed by atoms with Gasteiger partial charge in [0.1, 0.15) is 5.69 Å². The summed E-state index contributed by atoms with van der Waals surface area (Å²) in [4.78, 5) is 19.4. The molecule has 3 aromatic rings. The lowest BCUT2D eigenvalue weighted by molar-refractivity contribution is -0.0707. The number of hydrogen-bond acceptors (Lipinski definition) is 7. The number of ether oxygens (including phenoxy) is 1. The summed E-state index contributed by atoms with van der Waals surface area (Å²) >= 11 is 1.40. The van der Waals surface area contributed by atoms with Gasteiger partial charge in [0, 0.05) is 36.6 Å². The van der Waals surface area contributed by atoms with E-state index in [9.17, 15) is 4.79 Å². The maximum absolute atomic E-state index is 12.5. The number of carbonyl (C=O) groups is 1. The summed E-state index contributed by atoms with van der Waals surface area (Å²) in [5.41, 5.74) is 3.63. The van der Waals surface area contributed by atoms with Gasteiger partial charge in [0.05, 0.1) is 17.9 Å². The second-order valence-electron chi connectivity index (χ2n) is 7.49. The van der Waals surface area contributed by atoms with Crippen LogP contribution in [0.1, 0.15) is 35.7 Å². The van der Waals surface area contributed by atoms with Crippen LogP contribution in [0.4, 0.5) is 5.13 Å². The van der Waals surface area contributed by atoms with Crippen molar-refractivity contribution in [1.29, 1.82) is 0 Å². The number of rotatable bonds is 5. The summed E-state index contributed by atoms with van der Waals surface area (Å²) in [6.07, 6.45) is 0.427. The number of hydrogen-bond donors (Lipinski definition) is 1. The highest BCUT2D eigenvalue weighted by atomic mass is 32.1. The molecule has 1 amide bonds. The van der Waals surface area contributed by atoms with Gasteiger partial charge in [0.2, 0.25) is 5.76 Å². The van der Waals surface area contributed by atoms with Gasteiger partial charge < -0.3 is 9.26 Å². The molecule has 4 rings (SSSR count). The Hall–Kier alpha value is -2.55. The minimum Gasteiger partial charge on any atom is -0.373 e. The Morgan fingerprint density at radius 2 is 1.97 bits per heavy atom. The van der Waals surface area contributed by atoms with Crippen LogP contribution in [0.3, 0.4) is 0 Å². The lowest BCUT2D eigenvalue weighted by Crippen LogP contribution is -2.44. The molecule has 1 N–H and O–H groups in total. The van der Waals surface area contributed by atoms with E-state index in [1.807, 2.05) is 36.6 Å². The fourth-order valence-electron chi connectivity index (χ4n) is 3.48. The molecule has 1 aliphatic rings. The molecular formula is C21H24N4O3S. The van der Waals surface area contributed by atoms with Crippen LogP contribution in [0.25, 0.3) is 11.3 Å². The minimum atomic E-state index is -0.356. The summed E-state index contributed by atoms with van der Waals surface area (Å²) in [6.45, 7) is 8.68. The molecule has 29 heavy (non-hydrogen) atoms. The van der Waals surface area contributed by atoms with Crippen LogP contribution in [0.5, 0.6) is 0 Å². The van der Waals surface area contributed by atoms with Crippen molar-refractivity contribution >= 4 is 22.4 Å². The van der Waals surface area contributed by atoms with Crippen LogP contribution >= 0.6 is 11.3 Å². The van der Waals surface area contributed by atoms with Crippen molar-refractivity contribution in [3.8, 4) is 11.3 Å². The number of carbonyl (C=O) groups excluding carboxylic acids is 1. The van der Waals surface area contributed by atoms with Crippen LogP contribution in [-0.4, -0.2) is 46.2 Å². The standard InChI is InChI=1S/C21H24N4O3S/c1-13-4-6-16(7-5-13)18-8-19(28-24-18)20(26)23-21-22-17(12-29-21)11-25-9-14(2)27-15(3)10-25/h4-8,12,14-15H,9-11H2,1-3H3,(H,22,23,26). The van der Waals surface area contributed by atoms with E-state index in [2.05, 4.69) is 34.2 Å². The Morgan fingerprint density at radius 1 is 1.24 bits per heavy atom. The van der Waals surface area contributed by atoms with Gasteiger partial charge in [-0.25, -0.2) is 4.98 Å². The molecule has 1 fully saturated rings. The molecule has 0 bridgehead atoms. The van der Waals surface area contributed by atoms with E-state index in [0.717, 1.165) is 36.5 Å². The van der Waals surface area contributed by atoms with E-state index in [4.69, 9.17) is 9.26 Å². The number of nitrogens with zero attached hydrogens (tertiary/aromatic N) is 3. The number of morpholine rings is 1. The van der Waals surface area contributed by atoms with Crippen LogP contribution in [0.2, 0.25) is 0 Å². The highest BCUT2D eigenvalue weighted by Gasteiger charge is 2.23. The van der Waals surface area contributed by atoms with Crippen molar-refractivity contribution < 1.29 is 14.1 Å². The Kier molecular flexibility index (Phi) is 5.75. The van der Waals surface area contributed by atoms with Crippen molar-refractivity contribution in [2.45, 2.75) is 39.5 Å². The molecule has 2 atom stereocenters. The van der Waals surface area contributed by atoms with Gasteiger partial charge in [-0.3, -0.25) is 15.0 Å². The van der Waals surface area contributed by atoms with Gasteiger partial charge in [-0.1, -0.05) is 35.0 Å². The number of anilines is 1. The third-order valence-electron chi connectivity index (χ3n) is 4.73. The van der Waals surface area contributed by atoms with Gasteiger partial charge in [-0.15, -0.1) is 11.3 Å². The van der Waals surface area contributed by atoms with E-state index in [1.165, 1.54) is 11.3 Å². The largest absolute Gasteiger partial charge is 0.373 e. The summed E-state index contributed by atoms with van der Waals surface area (Å²) in [5, 5.41) is 9.32. The Bertz CT molecular complexity index is 972. The molecule has 1 saturated heterocycles. The number of aromatic nitrogens is 2.